The highest BCUT2D eigenvalue weighted by Crippen LogP contribution is 2.31. The topological polar surface area (TPSA) is 77.3 Å². The first kappa shape index (κ1) is 20.1. The van der Waals surface area contributed by atoms with Crippen LogP contribution in [0.1, 0.15) is 11.4 Å². The molecule has 4 heterocycles. The molecule has 0 atom stereocenters. The van der Waals surface area contributed by atoms with Gasteiger partial charge in [0.1, 0.15) is 17.0 Å². The number of hydrogen-bond donors (Lipinski definition) is 0. The number of hydrogen-bond acceptors (Lipinski definition) is 6. The summed E-state index contributed by atoms with van der Waals surface area (Å²) in [4.78, 5) is 26.9. The maximum absolute atomic E-state index is 14.9. The van der Waals surface area contributed by atoms with Crippen molar-refractivity contribution in [3.05, 3.63) is 83.4 Å². The Morgan fingerprint density at radius 1 is 0.750 bits per heavy atom. The minimum Gasteiger partial charge on any atom is -0.265 e. The van der Waals surface area contributed by atoms with Crippen LogP contribution in [0.3, 0.4) is 0 Å². The molecule has 0 fully saturated rings. The van der Waals surface area contributed by atoms with Crippen LogP contribution in [-0.2, 0) is 0 Å². The SMILES string of the molecule is Cc1nc2nc(-c3cncc(-c4ccncc4)c3)nc(-c3ccc(Cl)cc3F)c2nc1C. The minimum absolute atomic E-state index is 0.277. The Balaban J connectivity index is 1.76. The van der Waals surface area contributed by atoms with Gasteiger partial charge in [-0.1, -0.05) is 11.6 Å². The predicted octanol–water partition coefficient (Wildman–Crippen LogP) is 5.62. The van der Waals surface area contributed by atoms with Gasteiger partial charge in [0, 0.05) is 46.5 Å². The molecule has 0 aliphatic carbocycles. The van der Waals surface area contributed by atoms with Gasteiger partial charge in [-0.25, -0.2) is 24.3 Å². The molecule has 4 aromatic heterocycles. The standard InChI is InChI=1S/C24H16ClFN6/c1-13-14(2)30-24-22(29-13)21(19-4-3-18(25)10-20(19)26)31-23(32-24)17-9-16(11-28-12-17)15-5-7-27-8-6-15/h3-12H,1-2H3. The fourth-order valence-corrected chi connectivity index (χ4v) is 3.53. The molecule has 0 saturated heterocycles. The van der Waals surface area contributed by atoms with Gasteiger partial charge in [-0.2, -0.15) is 0 Å². The van der Waals surface area contributed by atoms with E-state index in [0.717, 1.165) is 22.5 Å². The number of aromatic nitrogens is 6. The maximum Gasteiger partial charge on any atom is 0.182 e. The highest BCUT2D eigenvalue weighted by molar-refractivity contribution is 6.30. The molecule has 0 saturated carbocycles. The third-order valence-electron chi connectivity index (χ3n) is 5.14. The Hall–Kier alpha value is -3.84. The highest BCUT2D eigenvalue weighted by atomic mass is 35.5. The van der Waals surface area contributed by atoms with Gasteiger partial charge in [0.25, 0.3) is 0 Å². The Labute approximate surface area is 188 Å². The molecule has 0 spiro atoms. The molecule has 0 amide bonds. The molecule has 0 N–H and O–H groups in total. The fourth-order valence-electron chi connectivity index (χ4n) is 3.38. The maximum atomic E-state index is 14.9. The van der Waals surface area contributed by atoms with Crippen LogP contribution in [0.4, 0.5) is 4.39 Å². The summed E-state index contributed by atoms with van der Waals surface area (Å²) in [6.07, 6.45) is 6.86. The van der Waals surface area contributed by atoms with E-state index in [1.807, 2.05) is 32.0 Å². The zero-order chi connectivity index (χ0) is 22.2. The molecule has 8 heteroatoms. The Bertz CT molecular complexity index is 1470. The van der Waals surface area contributed by atoms with Crippen molar-refractivity contribution >= 4 is 22.8 Å². The van der Waals surface area contributed by atoms with Crippen LogP contribution >= 0.6 is 11.6 Å². The lowest BCUT2D eigenvalue weighted by Crippen LogP contribution is -2.03. The second-order valence-corrected chi connectivity index (χ2v) is 7.72. The molecule has 5 rings (SSSR count). The quantitative estimate of drug-likeness (QED) is 0.361. The van der Waals surface area contributed by atoms with Crippen molar-refractivity contribution in [2.24, 2.45) is 0 Å². The lowest BCUT2D eigenvalue weighted by atomic mass is 10.1. The summed E-state index contributed by atoms with van der Waals surface area (Å²) in [6.45, 7) is 3.71. The first-order chi connectivity index (χ1) is 15.5. The summed E-state index contributed by atoms with van der Waals surface area (Å²) in [5, 5.41) is 0.303. The largest absolute Gasteiger partial charge is 0.265 e. The van der Waals surface area contributed by atoms with Crippen LogP contribution < -0.4 is 0 Å². The molecule has 5 aromatic rings. The van der Waals surface area contributed by atoms with Crippen molar-refractivity contribution in [2.75, 3.05) is 0 Å². The number of rotatable bonds is 3. The molecule has 156 valence electrons. The first-order valence-electron chi connectivity index (χ1n) is 9.84. The molecule has 32 heavy (non-hydrogen) atoms. The van der Waals surface area contributed by atoms with E-state index >= 15 is 0 Å². The molecule has 0 aliphatic heterocycles. The van der Waals surface area contributed by atoms with E-state index in [9.17, 15) is 4.39 Å². The second kappa shape index (κ2) is 8.01. The highest BCUT2D eigenvalue weighted by Gasteiger charge is 2.18. The van der Waals surface area contributed by atoms with Crippen LogP contribution in [0.15, 0.2) is 61.2 Å². The van der Waals surface area contributed by atoms with Gasteiger partial charge >= 0.3 is 0 Å². The van der Waals surface area contributed by atoms with Gasteiger partial charge in [-0.15, -0.1) is 0 Å². The van der Waals surface area contributed by atoms with Crippen LogP contribution in [0.25, 0.3) is 44.9 Å². The summed E-state index contributed by atoms with van der Waals surface area (Å²) in [6, 6.07) is 10.2. The van der Waals surface area contributed by atoms with E-state index in [4.69, 9.17) is 11.6 Å². The van der Waals surface area contributed by atoms with E-state index in [1.54, 1.807) is 36.9 Å². The van der Waals surface area contributed by atoms with Crippen molar-refractivity contribution in [1.29, 1.82) is 0 Å². The van der Waals surface area contributed by atoms with E-state index < -0.39 is 5.82 Å². The zero-order valence-electron chi connectivity index (χ0n) is 17.2. The van der Waals surface area contributed by atoms with Gasteiger partial charge < -0.3 is 0 Å². The summed E-state index contributed by atoms with van der Waals surface area (Å²) >= 11 is 5.96. The molecule has 0 radical (unpaired) electrons. The molecule has 6 nitrogen and oxygen atoms in total. The summed E-state index contributed by atoms with van der Waals surface area (Å²) < 4.78 is 14.9. The van der Waals surface area contributed by atoms with Gasteiger partial charge in [-0.3, -0.25) is 9.97 Å². The van der Waals surface area contributed by atoms with Crippen molar-refractivity contribution in [1.82, 2.24) is 29.9 Å². The molecule has 1 aromatic carbocycles. The van der Waals surface area contributed by atoms with Crippen molar-refractivity contribution in [3.8, 4) is 33.8 Å². The van der Waals surface area contributed by atoms with Crippen molar-refractivity contribution in [2.45, 2.75) is 13.8 Å². The van der Waals surface area contributed by atoms with Gasteiger partial charge in [0.15, 0.2) is 11.5 Å². The first-order valence-corrected chi connectivity index (χ1v) is 10.2. The number of fused-ring (bicyclic) bond motifs is 1. The number of benzene rings is 1. The lowest BCUT2D eigenvalue weighted by molar-refractivity contribution is 0.631. The smallest absolute Gasteiger partial charge is 0.182 e. The van der Waals surface area contributed by atoms with Crippen LogP contribution in [0.2, 0.25) is 5.02 Å². The van der Waals surface area contributed by atoms with E-state index in [0.29, 0.717) is 33.3 Å². The van der Waals surface area contributed by atoms with Crippen LogP contribution in [0.5, 0.6) is 0 Å². The molecule has 0 unspecified atom stereocenters. The third-order valence-corrected chi connectivity index (χ3v) is 5.37. The average molecular weight is 443 g/mol. The summed E-state index contributed by atoms with van der Waals surface area (Å²) in [5.41, 5.74) is 5.44. The van der Waals surface area contributed by atoms with E-state index in [2.05, 4.69) is 29.9 Å². The molecular formula is C24H16ClFN6. The number of nitrogens with zero attached hydrogens (tertiary/aromatic N) is 6. The van der Waals surface area contributed by atoms with Gasteiger partial charge in [-0.05, 0) is 55.8 Å². The predicted molar refractivity (Wildman–Crippen MR) is 121 cm³/mol. The summed E-state index contributed by atoms with van der Waals surface area (Å²) in [7, 11) is 0. The monoisotopic (exact) mass is 442 g/mol. The average Bonchev–Trinajstić information content (AvgIpc) is 2.80. The van der Waals surface area contributed by atoms with Gasteiger partial charge in [0.05, 0.1) is 11.4 Å². The number of pyridine rings is 2. The lowest BCUT2D eigenvalue weighted by Gasteiger charge is -2.11. The number of halogens is 2. The van der Waals surface area contributed by atoms with E-state index in [-0.39, 0.29) is 5.56 Å². The Morgan fingerprint density at radius 2 is 1.50 bits per heavy atom. The normalized spacial score (nSPS) is 11.1. The fraction of sp³-hybridized carbons (Fsp3) is 0.0833. The minimum atomic E-state index is -0.493. The van der Waals surface area contributed by atoms with E-state index in [1.165, 1.54) is 6.07 Å². The van der Waals surface area contributed by atoms with Crippen molar-refractivity contribution in [3.63, 3.8) is 0 Å². The number of aryl methyl sites for hydroxylation is 2. The molecule has 0 bridgehead atoms. The van der Waals surface area contributed by atoms with Gasteiger partial charge in [0.2, 0.25) is 0 Å². The van der Waals surface area contributed by atoms with Crippen LogP contribution in [-0.4, -0.2) is 29.9 Å². The third kappa shape index (κ3) is 3.67. The Morgan fingerprint density at radius 3 is 2.28 bits per heavy atom. The second-order valence-electron chi connectivity index (χ2n) is 7.28. The Kier molecular flexibility index (Phi) is 5.03. The van der Waals surface area contributed by atoms with Crippen LogP contribution in [0, 0.1) is 19.7 Å². The van der Waals surface area contributed by atoms with Crippen molar-refractivity contribution < 1.29 is 4.39 Å². The zero-order valence-corrected chi connectivity index (χ0v) is 18.0. The molecular weight excluding hydrogens is 427 g/mol. The summed E-state index contributed by atoms with van der Waals surface area (Å²) in [5.74, 6) is -0.116. The molecule has 0 aliphatic rings.